The van der Waals surface area contributed by atoms with Crippen molar-refractivity contribution in [2.24, 2.45) is 0 Å². The maximum atomic E-state index is 5.95. The molecule has 0 unspecified atom stereocenters. The van der Waals surface area contributed by atoms with Crippen LogP contribution < -0.4 is 11.1 Å². The lowest BCUT2D eigenvalue weighted by Gasteiger charge is -2.10. The molecular weight excluding hydrogens is 302 g/mol. The first-order valence-electron chi connectivity index (χ1n) is 5.00. The van der Waals surface area contributed by atoms with Crippen LogP contribution in [0.4, 0.5) is 17.2 Å². The first-order valence-corrected chi connectivity index (χ1v) is 6.17. The molecule has 0 fully saturated rings. The summed E-state index contributed by atoms with van der Waals surface area (Å²) in [5.74, 6) is 0.766. The maximum Gasteiger partial charge on any atom is 0.133 e. The maximum absolute atomic E-state index is 5.95. The third kappa shape index (κ3) is 2.90. The first-order chi connectivity index (χ1) is 8.06. The third-order valence-corrected chi connectivity index (χ3v) is 3.21. The summed E-state index contributed by atoms with van der Waals surface area (Å²) >= 11 is 9.40. The average Bonchev–Trinajstić information content (AvgIpc) is 2.27. The normalized spacial score (nSPS) is 10.3. The van der Waals surface area contributed by atoms with E-state index < -0.39 is 0 Å². The van der Waals surface area contributed by atoms with E-state index in [9.17, 15) is 0 Å². The summed E-state index contributed by atoms with van der Waals surface area (Å²) in [5.41, 5.74) is 8.16. The Hall–Kier alpha value is -1.26. The van der Waals surface area contributed by atoms with Gasteiger partial charge in [0.25, 0.3) is 0 Å². The van der Waals surface area contributed by atoms with Crippen molar-refractivity contribution in [3.8, 4) is 0 Å². The van der Waals surface area contributed by atoms with Gasteiger partial charge >= 0.3 is 0 Å². The van der Waals surface area contributed by atoms with Gasteiger partial charge in [-0.2, -0.15) is 0 Å². The molecule has 0 saturated heterocycles. The van der Waals surface area contributed by atoms with Crippen LogP contribution >= 0.6 is 27.5 Å². The fraction of sp³-hybridized carbons (Fsp3) is 0.0833. The quantitative estimate of drug-likeness (QED) is 0.876. The number of rotatable bonds is 2. The van der Waals surface area contributed by atoms with Gasteiger partial charge in [-0.15, -0.1) is 0 Å². The Bertz CT molecular complexity index is 557. The molecule has 0 saturated carbocycles. The molecule has 0 atom stereocenters. The molecule has 0 aliphatic heterocycles. The number of aryl methyl sites for hydroxylation is 1. The highest BCUT2D eigenvalue weighted by Gasteiger charge is 2.05. The summed E-state index contributed by atoms with van der Waals surface area (Å²) in [6.45, 7) is 1.95. The van der Waals surface area contributed by atoms with Gasteiger partial charge in [-0.25, -0.2) is 4.98 Å². The van der Waals surface area contributed by atoms with Crippen LogP contribution in [0.15, 0.2) is 34.9 Å². The van der Waals surface area contributed by atoms with Gasteiger partial charge in [0.2, 0.25) is 0 Å². The highest BCUT2D eigenvalue weighted by Crippen LogP contribution is 2.29. The van der Waals surface area contributed by atoms with Crippen LogP contribution in [0.1, 0.15) is 5.56 Å². The second-order valence-electron chi connectivity index (χ2n) is 3.68. The van der Waals surface area contributed by atoms with Crippen molar-refractivity contribution in [3.05, 3.63) is 45.5 Å². The molecule has 0 aliphatic rings. The van der Waals surface area contributed by atoms with Crippen LogP contribution in [0.3, 0.4) is 0 Å². The lowest BCUT2D eigenvalue weighted by atomic mass is 10.2. The number of aromatic nitrogens is 1. The van der Waals surface area contributed by atoms with Crippen molar-refractivity contribution in [2.45, 2.75) is 6.92 Å². The van der Waals surface area contributed by atoms with Gasteiger partial charge in [0.15, 0.2) is 0 Å². The number of pyridine rings is 1. The number of nitrogens with two attached hydrogens (primary N) is 1. The summed E-state index contributed by atoms with van der Waals surface area (Å²) in [4.78, 5) is 4.24. The molecule has 2 rings (SSSR count). The Balaban J connectivity index is 2.34. The molecule has 5 heteroatoms. The van der Waals surface area contributed by atoms with Gasteiger partial charge in [0.05, 0.1) is 17.6 Å². The van der Waals surface area contributed by atoms with Crippen LogP contribution in [0.2, 0.25) is 5.02 Å². The molecule has 0 bridgehead atoms. The highest BCUT2D eigenvalue weighted by atomic mass is 79.9. The molecule has 17 heavy (non-hydrogen) atoms. The zero-order chi connectivity index (χ0) is 12.4. The average molecular weight is 313 g/mol. The standard InChI is InChI=1S/C12H11BrClN3/c1-7-4-9(15)6-16-12(7)17-11-5-8(14)2-3-10(11)13/h2-6H,15H2,1H3,(H,16,17). The van der Waals surface area contributed by atoms with E-state index in [1.165, 1.54) is 0 Å². The number of nitrogens with one attached hydrogen (secondary N) is 1. The molecule has 1 aromatic heterocycles. The zero-order valence-electron chi connectivity index (χ0n) is 9.17. The lowest BCUT2D eigenvalue weighted by Crippen LogP contribution is -1.98. The molecule has 0 aliphatic carbocycles. The topological polar surface area (TPSA) is 50.9 Å². The van der Waals surface area contributed by atoms with E-state index in [4.69, 9.17) is 17.3 Å². The van der Waals surface area contributed by atoms with E-state index in [0.717, 1.165) is 21.5 Å². The minimum atomic E-state index is 0.651. The second-order valence-corrected chi connectivity index (χ2v) is 4.97. The van der Waals surface area contributed by atoms with Gasteiger partial charge in [-0.3, -0.25) is 0 Å². The summed E-state index contributed by atoms with van der Waals surface area (Å²) in [6, 6.07) is 7.41. The Morgan fingerprint density at radius 2 is 2.12 bits per heavy atom. The molecule has 0 amide bonds. The van der Waals surface area contributed by atoms with Crippen LogP contribution in [0.25, 0.3) is 0 Å². The molecule has 3 nitrogen and oxygen atoms in total. The number of halogens is 2. The molecular formula is C12H11BrClN3. The SMILES string of the molecule is Cc1cc(N)cnc1Nc1cc(Cl)ccc1Br. The fourth-order valence-electron chi connectivity index (χ4n) is 1.45. The Morgan fingerprint density at radius 3 is 2.82 bits per heavy atom. The van der Waals surface area contributed by atoms with Crippen molar-refractivity contribution in [1.82, 2.24) is 4.98 Å². The van der Waals surface area contributed by atoms with E-state index in [1.54, 1.807) is 6.20 Å². The van der Waals surface area contributed by atoms with Gasteiger partial charge in [0.1, 0.15) is 5.82 Å². The van der Waals surface area contributed by atoms with Gasteiger partial charge < -0.3 is 11.1 Å². The van der Waals surface area contributed by atoms with Gasteiger partial charge in [-0.1, -0.05) is 11.6 Å². The number of hydrogen-bond acceptors (Lipinski definition) is 3. The molecule has 88 valence electrons. The van der Waals surface area contributed by atoms with Crippen LogP contribution in [0, 0.1) is 6.92 Å². The fourth-order valence-corrected chi connectivity index (χ4v) is 1.97. The van der Waals surface area contributed by atoms with Crippen LogP contribution in [-0.2, 0) is 0 Å². The monoisotopic (exact) mass is 311 g/mol. The van der Waals surface area contributed by atoms with E-state index in [-0.39, 0.29) is 0 Å². The third-order valence-electron chi connectivity index (χ3n) is 2.28. The zero-order valence-corrected chi connectivity index (χ0v) is 11.5. The summed E-state index contributed by atoms with van der Waals surface area (Å²) in [5, 5.41) is 3.88. The van der Waals surface area contributed by atoms with Crippen molar-refractivity contribution >= 4 is 44.7 Å². The van der Waals surface area contributed by atoms with Crippen molar-refractivity contribution in [2.75, 3.05) is 11.1 Å². The summed E-state index contributed by atoms with van der Waals surface area (Å²) in [7, 11) is 0. The van der Waals surface area contributed by atoms with Crippen molar-refractivity contribution in [1.29, 1.82) is 0 Å². The molecule has 3 N–H and O–H groups in total. The van der Waals surface area contributed by atoms with Crippen molar-refractivity contribution < 1.29 is 0 Å². The van der Waals surface area contributed by atoms with Crippen LogP contribution in [0.5, 0.6) is 0 Å². The predicted molar refractivity (Wildman–Crippen MR) is 75.8 cm³/mol. The molecule has 0 radical (unpaired) electrons. The number of hydrogen-bond donors (Lipinski definition) is 2. The predicted octanol–water partition coefficient (Wildman–Crippen LogP) is 4.13. The summed E-state index contributed by atoms with van der Waals surface area (Å²) < 4.78 is 0.930. The molecule has 1 aromatic carbocycles. The number of anilines is 3. The minimum absolute atomic E-state index is 0.651. The summed E-state index contributed by atoms with van der Waals surface area (Å²) in [6.07, 6.45) is 1.62. The van der Waals surface area contributed by atoms with E-state index in [2.05, 4.69) is 26.2 Å². The smallest absolute Gasteiger partial charge is 0.133 e. The Morgan fingerprint density at radius 1 is 1.35 bits per heavy atom. The molecule has 1 heterocycles. The number of nitrogens with zero attached hydrogens (tertiary/aromatic N) is 1. The first kappa shape index (κ1) is 12.2. The second kappa shape index (κ2) is 4.94. The number of nitrogen functional groups attached to an aromatic ring is 1. The van der Waals surface area contributed by atoms with E-state index >= 15 is 0 Å². The van der Waals surface area contributed by atoms with E-state index in [0.29, 0.717) is 10.7 Å². The van der Waals surface area contributed by atoms with Crippen LogP contribution in [-0.4, -0.2) is 4.98 Å². The van der Waals surface area contributed by atoms with Crippen molar-refractivity contribution in [3.63, 3.8) is 0 Å². The van der Waals surface area contributed by atoms with Gasteiger partial charge in [-0.05, 0) is 52.7 Å². The van der Waals surface area contributed by atoms with E-state index in [1.807, 2.05) is 31.2 Å². The lowest BCUT2D eigenvalue weighted by molar-refractivity contribution is 1.26. The minimum Gasteiger partial charge on any atom is -0.397 e. The molecule has 2 aromatic rings. The number of benzene rings is 1. The molecule has 0 spiro atoms. The Kier molecular flexibility index (Phi) is 3.54. The largest absolute Gasteiger partial charge is 0.397 e. The highest BCUT2D eigenvalue weighted by molar-refractivity contribution is 9.10. The Labute approximate surface area is 113 Å². The van der Waals surface area contributed by atoms with Gasteiger partial charge in [0, 0.05) is 9.50 Å².